The van der Waals surface area contributed by atoms with Crippen molar-refractivity contribution >= 4 is 47.5 Å². The number of benzene rings is 2. The first-order chi connectivity index (χ1) is 39.6. The predicted molar refractivity (Wildman–Crippen MR) is 310 cm³/mol. The second-order valence-electron chi connectivity index (χ2n) is 23.7. The molecule has 22 nitrogen and oxygen atoms in total. The van der Waals surface area contributed by atoms with E-state index in [9.17, 15) is 39.0 Å². The molecule has 0 spiro atoms. The Bertz CT molecular complexity index is 2660. The van der Waals surface area contributed by atoms with Crippen LogP contribution in [-0.4, -0.2) is 173 Å². The SMILES string of the molecule is CC(C)C[C@H]1C(=O)O[C@H](Cc2ccc(Cn3ccnc3CO)cc2)C(=O)N(C)[C@@H](CC(C)C)C(=O)O[C@H](C)C(=O)N(C)[C@@H](CC(C)C)C(=O)O[C@H](Cc2ccc(Cn3ccnc3CO)cc2)C(=O)N(C)[C@@H](CC(C)C)C(=O)O[C@H](C)C(=O)N1C. The number of aliphatic hydroxyl groups excluding tert-OH is 2. The van der Waals surface area contributed by atoms with Crippen LogP contribution in [0.3, 0.4) is 0 Å². The molecule has 1 saturated heterocycles. The summed E-state index contributed by atoms with van der Waals surface area (Å²) >= 11 is 0. The second-order valence-corrected chi connectivity index (χ2v) is 23.7. The van der Waals surface area contributed by atoms with E-state index in [1.807, 2.05) is 79.7 Å². The third kappa shape index (κ3) is 18.3. The normalized spacial score (nSPS) is 22.7. The Morgan fingerprint density at radius 2 is 0.679 bits per heavy atom. The van der Waals surface area contributed by atoms with Gasteiger partial charge in [0.15, 0.2) is 24.4 Å². The highest BCUT2D eigenvalue weighted by Gasteiger charge is 2.43. The average Bonchev–Trinajstić information content (AvgIpc) is 4.14. The molecule has 2 aromatic carbocycles. The number of amides is 4. The molecular formula is C62H88N8O14. The molecular weight excluding hydrogens is 1080 g/mol. The zero-order chi connectivity index (χ0) is 62.3. The fourth-order valence-electron chi connectivity index (χ4n) is 10.1. The van der Waals surface area contributed by atoms with Crippen molar-refractivity contribution in [1.82, 2.24) is 38.7 Å². The smallest absolute Gasteiger partial charge is 0.329 e. The van der Waals surface area contributed by atoms with E-state index in [0.29, 0.717) is 35.9 Å². The van der Waals surface area contributed by atoms with Gasteiger partial charge in [-0.05, 0) is 85.5 Å². The van der Waals surface area contributed by atoms with Gasteiger partial charge in [0.05, 0.1) is 0 Å². The van der Waals surface area contributed by atoms with Gasteiger partial charge in [-0.15, -0.1) is 0 Å². The lowest BCUT2D eigenvalue weighted by atomic mass is 9.99. The van der Waals surface area contributed by atoms with Crippen molar-refractivity contribution < 1.29 is 67.5 Å². The number of hydrogen-bond donors (Lipinski definition) is 2. The van der Waals surface area contributed by atoms with Crippen LogP contribution in [0, 0.1) is 23.7 Å². The third-order valence-corrected chi connectivity index (χ3v) is 15.0. The second kappa shape index (κ2) is 30.9. The van der Waals surface area contributed by atoms with Gasteiger partial charge in [0.1, 0.15) is 49.0 Å². The maximum absolute atomic E-state index is 15.0. The van der Waals surface area contributed by atoms with Gasteiger partial charge in [-0.2, -0.15) is 0 Å². The van der Waals surface area contributed by atoms with Gasteiger partial charge in [0.25, 0.3) is 23.6 Å². The summed E-state index contributed by atoms with van der Waals surface area (Å²) in [7, 11) is 5.49. The molecule has 3 heterocycles. The van der Waals surface area contributed by atoms with Crippen LogP contribution < -0.4 is 0 Å². The fourth-order valence-corrected chi connectivity index (χ4v) is 10.1. The van der Waals surface area contributed by atoms with E-state index in [-0.39, 0.29) is 75.4 Å². The van der Waals surface area contributed by atoms with Crippen LogP contribution in [0.1, 0.15) is 129 Å². The molecule has 4 aromatic rings. The van der Waals surface area contributed by atoms with Gasteiger partial charge in [-0.1, -0.05) is 104 Å². The lowest BCUT2D eigenvalue weighted by Crippen LogP contribution is -2.55. The van der Waals surface area contributed by atoms with Crippen LogP contribution >= 0.6 is 0 Å². The van der Waals surface area contributed by atoms with Crippen LogP contribution in [0.2, 0.25) is 0 Å². The van der Waals surface area contributed by atoms with Gasteiger partial charge >= 0.3 is 23.9 Å². The van der Waals surface area contributed by atoms with Gasteiger partial charge in [-0.3, -0.25) is 19.2 Å². The van der Waals surface area contributed by atoms with Crippen molar-refractivity contribution in [3.05, 3.63) is 107 Å². The number of carbonyl (C=O) groups is 8. The Morgan fingerprint density at radius 3 is 0.952 bits per heavy atom. The minimum absolute atomic E-state index is 0.0588. The third-order valence-electron chi connectivity index (χ3n) is 15.0. The van der Waals surface area contributed by atoms with E-state index >= 15 is 9.59 Å². The molecule has 0 bridgehead atoms. The largest absolute Gasteiger partial charge is 0.451 e. The molecule has 5 rings (SSSR count). The van der Waals surface area contributed by atoms with Crippen molar-refractivity contribution in [2.24, 2.45) is 23.7 Å². The Hall–Kier alpha value is -7.46. The monoisotopic (exact) mass is 1170 g/mol. The molecule has 4 amide bonds. The number of rotatable bonds is 18. The summed E-state index contributed by atoms with van der Waals surface area (Å²) in [5, 5.41) is 19.5. The van der Waals surface area contributed by atoms with Crippen molar-refractivity contribution in [1.29, 1.82) is 0 Å². The summed E-state index contributed by atoms with van der Waals surface area (Å²) in [6.07, 6.45) is 0.367. The predicted octanol–water partition coefficient (Wildman–Crippen LogP) is 5.14. The number of ether oxygens (including phenoxy) is 4. The van der Waals surface area contributed by atoms with E-state index in [4.69, 9.17) is 18.9 Å². The summed E-state index contributed by atoms with van der Waals surface area (Å²) in [5.41, 5.74) is 2.83. The van der Waals surface area contributed by atoms with Crippen molar-refractivity contribution in [3.63, 3.8) is 0 Å². The quantitative estimate of drug-likeness (QED) is 0.0965. The first-order valence-electron chi connectivity index (χ1n) is 28.9. The molecule has 1 aliphatic heterocycles. The molecule has 84 heavy (non-hydrogen) atoms. The van der Waals surface area contributed by atoms with Gasteiger partial charge in [0, 0.05) is 78.9 Å². The Labute approximate surface area is 493 Å². The van der Waals surface area contributed by atoms with Crippen molar-refractivity contribution in [2.75, 3.05) is 28.2 Å². The van der Waals surface area contributed by atoms with E-state index in [1.165, 1.54) is 42.0 Å². The minimum atomic E-state index is -1.57. The molecule has 2 aromatic heterocycles. The van der Waals surface area contributed by atoms with Crippen molar-refractivity contribution in [3.8, 4) is 0 Å². The van der Waals surface area contributed by atoms with Crippen LogP contribution in [-0.2, 0) is 96.4 Å². The molecule has 460 valence electrons. The average molecular weight is 1170 g/mol. The van der Waals surface area contributed by atoms with E-state index in [2.05, 4.69) is 9.97 Å². The summed E-state index contributed by atoms with van der Waals surface area (Å²) in [5.74, 6) is -6.79. The Morgan fingerprint density at radius 1 is 0.417 bits per heavy atom. The highest BCUT2D eigenvalue weighted by atomic mass is 16.6. The molecule has 0 aliphatic carbocycles. The van der Waals surface area contributed by atoms with Crippen LogP contribution in [0.15, 0.2) is 73.3 Å². The highest BCUT2D eigenvalue weighted by Crippen LogP contribution is 2.25. The number of nitrogens with zero attached hydrogens (tertiary/aromatic N) is 8. The number of aromatic nitrogens is 4. The van der Waals surface area contributed by atoms with Crippen LogP contribution in [0.4, 0.5) is 0 Å². The van der Waals surface area contributed by atoms with Gasteiger partial charge in [0.2, 0.25) is 0 Å². The Kier molecular flexibility index (Phi) is 24.8. The number of carbonyl (C=O) groups excluding carboxylic acids is 8. The molecule has 0 unspecified atom stereocenters. The Balaban J connectivity index is 1.59. The van der Waals surface area contributed by atoms with E-state index < -0.39 is 96.1 Å². The summed E-state index contributed by atoms with van der Waals surface area (Å²) in [6, 6.07) is 9.08. The molecule has 0 saturated carbocycles. The lowest BCUT2D eigenvalue weighted by molar-refractivity contribution is -0.176. The molecule has 2 N–H and O–H groups in total. The van der Waals surface area contributed by atoms with Crippen LogP contribution in [0.5, 0.6) is 0 Å². The lowest BCUT2D eigenvalue weighted by Gasteiger charge is -2.35. The number of esters is 4. The van der Waals surface area contributed by atoms with Crippen LogP contribution in [0.25, 0.3) is 0 Å². The molecule has 0 radical (unpaired) electrons. The zero-order valence-electron chi connectivity index (χ0n) is 51.3. The number of hydrogen-bond acceptors (Lipinski definition) is 16. The van der Waals surface area contributed by atoms with E-state index in [1.54, 1.807) is 58.2 Å². The molecule has 1 aliphatic rings. The first-order valence-corrected chi connectivity index (χ1v) is 28.9. The summed E-state index contributed by atoms with van der Waals surface area (Å²) in [4.78, 5) is 130. The summed E-state index contributed by atoms with van der Waals surface area (Å²) in [6.45, 7) is 17.6. The van der Waals surface area contributed by atoms with Crippen molar-refractivity contribution in [2.45, 2.75) is 183 Å². The maximum atomic E-state index is 15.0. The van der Waals surface area contributed by atoms with Gasteiger partial charge in [-0.25, -0.2) is 29.1 Å². The topological polar surface area (TPSA) is 263 Å². The number of aliphatic hydroxyl groups is 2. The molecule has 22 heteroatoms. The zero-order valence-corrected chi connectivity index (χ0v) is 51.3. The number of cyclic esters (lactones) is 4. The number of imidazole rings is 2. The summed E-state index contributed by atoms with van der Waals surface area (Å²) < 4.78 is 27.8. The maximum Gasteiger partial charge on any atom is 0.329 e. The standard InChI is InChI=1S/C62H88N8O14/c1-37(2)27-47-59(77)81-41(9)55(73)65(11)50(30-40(7)8)62(80)84-52(32-44-17-21-46(22-18-44)34-70-26-24-64-54(70)36-72)58(76)68(14)48(28-38(3)4)60(78)82-42(10)56(74)66(12)49(29-39(5)6)61(79)83-51(57(75)67(47)13)31-43-15-19-45(20-16-43)33-69-25-23-63-53(69)35-71/h15-26,37-42,47-52,71-72H,27-36H2,1-14H3/t41-,42-,47+,48+,49+,50+,51-,52-/m1/s1. The first kappa shape index (κ1) is 67.3. The van der Waals surface area contributed by atoms with E-state index in [0.717, 1.165) is 30.7 Å². The fraction of sp³-hybridized carbons (Fsp3) is 0.581. The highest BCUT2D eigenvalue weighted by molar-refractivity contribution is 5.94. The molecule has 1 fully saturated rings. The minimum Gasteiger partial charge on any atom is -0.451 e. The number of likely N-dealkylation sites (N-methyl/N-ethyl adjacent to an activating group) is 4. The molecule has 8 atom stereocenters. The van der Waals surface area contributed by atoms with Gasteiger partial charge < -0.3 is 57.9 Å².